The number of benzene rings is 1. The molecular formula is C13H14N2O. The maximum absolute atomic E-state index is 11.8. The highest BCUT2D eigenvalue weighted by Gasteiger charge is 2.14. The number of nitrogens with zero attached hydrogens (tertiary/aromatic N) is 1. The van der Waals surface area contributed by atoms with Gasteiger partial charge in [0.05, 0.1) is 5.70 Å². The number of hydrogen-bond acceptors (Lipinski definition) is 3. The number of carbonyl (C=O) groups excluding carboxylic acids is 1. The highest BCUT2D eigenvalue weighted by molar-refractivity contribution is 6.08. The molecule has 82 valence electrons. The summed E-state index contributed by atoms with van der Waals surface area (Å²) in [6, 6.07) is 7.60. The Hall–Kier alpha value is -2.03. The molecule has 0 saturated carbocycles. The minimum atomic E-state index is 0.0326. The van der Waals surface area contributed by atoms with E-state index in [1.54, 1.807) is 12.3 Å². The van der Waals surface area contributed by atoms with Crippen LogP contribution in [-0.4, -0.2) is 24.8 Å². The minimum absolute atomic E-state index is 0.0326. The van der Waals surface area contributed by atoms with Crippen LogP contribution in [0, 0.1) is 0 Å². The monoisotopic (exact) mass is 214 g/mol. The van der Waals surface area contributed by atoms with Crippen molar-refractivity contribution in [3.8, 4) is 0 Å². The molecule has 0 atom stereocenters. The molecule has 1 aromatic rings. The fourth-order valence-corrected chi connectivity index (χ4v) is 1.67. The predicted molar refractivity (Wildman–Crippen MR) is 64.7 cm³/mol. The molecule has 0 spiro atoms. The Labute approximate surface area is 95.1 Å². The van der Waals surface area contributed by atoms with Gasteiger partial charge in [-0.3, -0.25) is 4.79 Å². The van der Waals surface area contributed by atoms with Crippen LogP contribution in [0.25, 0.3) is 5.70 Å². The van der Waals surface area contributed by atoms with Crippen molar-refractivity contribution < 1.29 is 4.79 Å². The number of hydrogen-bond donors (Lipinski definition) is 1. The van der Waals surface area contributed by atoms with Gasteiger partial charge in [-0.05, 0) is 0 Å². The van der Waals surface area contributed by atoms with Crippen molar-refractivity contribution in [1.82, 2.24) is 10.2 Å². The SMILES string of the molecule is CN(C)C=C1NC=CC(=O)c2ccccc21. The lowest BCUT2D eigenvalue weighted by molar-refractivity contribution is 0.104. The van der Waals surface area contributed by atoms with Crippen molar-refractivity contribution in [3.05, 3.63) is 53.9 Å². The van der Waals surface area contributed by atoms with Crippen molar-refractivity contribution in [2.75, 3.05) is 14.1 Å². The van der Waals surface area contributed by atoms with Gasteiger partial charge in [0.1, 0.15) is 0 Å². The van der Waals surface area contributed by atoms with E-state index in [1.807, 2.05) is 49.5 Å². The van der Waals surface area contributed by atoms with Gasteiger partial charge in [-0.1, -0.05) is 24.3 Å². The molecule has 0 aliphatic carbocycles. The molecular weight excluding hydrogens is 200 g/mol. The van der Waals surface area contributed by atoms with E-state index in [0.29, 0.717) is 0 Å². The summed E-state index contributed by atoms with van der Waals surface area (Å²) in [5, 5.41) is 3.12. The van der Waals surface area contributed by atoms with Crippen LogP contribution in [0.2, 0.25) is 0 Å². The summed E-state index contributed by atoms with van der Waals surface area (Å²) in [6.45, 7) is 0. The summed E-state index contributed by atoms with van der Waals surface area (Å²) in [7, 11) is 3.90. The Balaban J connectivity index is 2.56. The van der Waals surface area contributed by atoms with Gasteiger partial charge in [0.25, 0.3) is 0 Å². The number of rotatable bonds is 1. The highest BCUT2D eigenvalue weighted by Crippen LogP contribution is 2.20. The second kappa shape index (κ2) is 4.23. The molecule has 0 saturated heterocycles. The molecule has 16 heavy (non-hydrogen) atoms. The van der Waals surface area contributed by atoms with Crippen molar-refractivity contribution in [2.24, 2.45) is 0 Å². The first-order chi connectivity index (χ1) is 7.68. The summed E-state index contributed by atoms with van der Waals surface area (Å²) in [5.74, 6) is 0.0326. The standard InChI is InChI=1S/C13H14N2O/c1-15(2)9-12-10-5-3-4-6-11(10)13(16)7-8-14-12/h3-9,14H,1-2H3. The third-order valence-corrected chi connectivity index (χ3v) is 2.34. The van der Waals surface area contributed by atoms with Crippen LogP contribution < -0.4 is 5.32 Å². The zero-order valence-corrected chi connectivity index (χ0v) is 9.40. The summed E-state index contributed by atoms with van der Waals surface area (Å²) >= 11 is 0. The molecule has 1 aliphatic heterocycles. The lowest BCUT2D eigenvalue weighted by atomic mass is 10.0. The van der Waals surface area contributed by atoms with Crippen LogP contribution in [-0.2, 0) is 0 Å². The summed E-state index contributed by atoms with van der Waals surface area (Å²) in [4.78, 5) is 13.7. The Morgan fingerprint density at radius 2 is 1.88 bits per heavy atom. The van der Waals surface area contributed by atoms with Crippen LogP contribution in [0.3, 0.4) is 0 Å². The third-order valence-electron chi connectivity index (χ3n) is 2.34. The quantitative estimate of drug-likeness (QED) is 0.774. The zero-order chi connectivity index (χ0) is 11.5. The first kappa shape index (κ1) is 10.5. The largest absolute Gasteiger partial charge is 0.382 e. The van der Waals surface area contributed by atoms with Gasteiger partial charge in [0, 0.05) is 43.7 Å². The molecule has 3 nitrogen and oxygen atoms in total. The molecule has 0 aromatic heterocycles. The smallest absolute Gasteiger partial charge is 0.187 e. The van der Waals surface area contributed by atoms with Crippen molar-refractivity contribution in [2.45, 2.75) is 0 Å². The zero-order valence-electron chi connectivity index (χ0n) is 9.40. The Morgan fingerprint density at radius 1 is 1.19 bits per heavy atom. The van der Waals surface area contributed by atoms with E-state index in [4.69, 9.17) is 0 Å². The van der Waals surface area contributed by atoms with Gasteiger partial charge in [0.2, 0.25) is 0 Å². The molecule has 2 rings (SSSR count). The van der Waals surface area contributed by atoms with Crippen LogP contribution >= 0.6 is 0 Å². The van der Waals surface area contributed by atoms with E-state index >= 15 is 0 Å². The Morgan fingerprint density at radius 3 is 2.56 bits per heavy atom. The average molecular weight is 214 g/mol. The minimum Gasteiger partial charge on any atom is -0.382 e. The van der Waals surface area contributed by atoms with Gasteiger partial charge in [-0.15, -0.1) is 0 Å². The fraction of sp³-hybridized carbons (Fsp3) is 0.154. The summed E-state index contributed by atoms with van der Waals surface area (Å²) < 4.78 is 0. The number of nitrogens with one attached hydrogen (secondary N) is 1. The average Bonchev–Trinajstić information content (AvgIpc) is 2.40. The van der Waals surface area contributed by atoms with E-state index < -0.39 is 0 Å². The van der Waals surface area contributed by atoms with Crippen molar-refractivity contribution in [3.63, 3.8) is 0 Å². The van der Waals surface area contributed by atoms with E-state index in [2.05, 4.69) is 5.32 Å². The van der Waals surface area contributed by atoms with Crippen LogP contribution in [0.4, 0.5) is 0 Å². The van der Waals surface area contributed by atoms with E-state index in [0.717, 1.165) is 16.8 Å². The molecule has 1 N–H and O–H groups in total. The molecule has 0 unspecified atom stereocenters. The van der Waals surface area contributed by atoms with Gasteiger partial charge in [-0.2, -0.15) is 0 Å². The van der Waals surface area contributed by atoms with Crippen molar-refractivity contribution in [1.29, 1.82) is 0 Å². The normalized spacial score (nSPS) is 16.6. The maximum Gasteiger partial charge on any atom is 0.187 e. The number of carbonyl (C=O) groups is 1. The molecule has 0 radical (unpaired) electrons. The Kier molecular flexibility index (Phi) is 2.77. The molecule has 1 aliphatic rings. The highest BCUT2D eigenvalue weighted by atomic mass is 16.1. The van der Waals surface area contributed by atoms with Crippen LogP contribution in [0.15, 0.2) is 42.7 Å². The van der Waals surface area contributed by atoms with E-state index in [9.17, 15) is 4.79 Å². The van der Waals surface area contributed by atoms with Gasteiger partial charge in [0.15, 0.2) is 5.78 Å². The molecule has 0 amide bonds. The lowest BCUT2D eigenvalue weighted by Gasteiger charge is -2.12. The molecule has 3 heteroatoms. The van der Waals surface area contributed by atoms with Gasteiger partial charge in [-0.25, -0.2) is 0 Å². The number of allylic oxidation sites excluding steroid dienone is 1. The second-order valence-electron chi connectivity index (χ2n) is 3.89. The first-order valence-corrected chi connectivity index (χ1v) is 5.13. The predicted octanol–water partition coefficient (Wildman–Crippen LogP) is 1.85. The van der Waals surface area contributed by atoms with E-state index in [-0.39, 0.29) is 5.78 Å². The van der Waals surface area contributed by atoms with Gasteiger partial charge >= 0.3 is 0 Å². The van der Waals surface area contributed by atoms with Crippen LogP contribution in [0.5, 0.6) is 0 Å². The topological polar surface area (TPSA) is 32.3 Å². The lowest BCUT2D eigenvalue weighted by Crippen LogP contribution is -2.10. The second-order valence-corrected chi connectivity index (χ2v) is 3.89. The number of fused-ring (bicyclic) bond motifs is 1. The Bertz CT molecular complexity index is 473. The fourth-order valence-electron chi connectivity index (χ4n) is 1.67. The van der Waals surface area contributed by atoms with Crippen molar-refractivity contribution >= 4 is 11.5 Å². The van der Waals surface area contributed by atoms with Crippen LogP contribution in [0.1, 0.15) is 15.9 Å². The molecule has 0 bridgehead atoms. The summed E-state index contributed by atoms with van der Waals surface area (Å²) in [6.07, 6.45) is 5.19. The molecule has 1 aromatic carbocycles. The third kappa shape index (κ3) is 1.98. The van der Waals surface area contributed by atoms with E-state index in [1.165, 1.54) is 0 Å². The summed E-state index contributed by atoms with van der Waals surface area (Å²) in [5.41, 5.74) is 2.60. The first-order valence-electron chi connectivity index (χ1n) is 5.13. The molecule has 1 heterocycles. The number of ketones is 1. The molecule has 0 fully saturated rings. The maximum atomic E-state index is 11.8. The van der Waals surface area contributed by atoms with Gasteiger partial charge < -0.3 is 10.2 Å².